The first-order chi connectivity index (χ1) is 10.2. The van der Waals surface area contributed by atoms with E-state index in [0.717, 1.165) is 24.0 Å². The largest absolute Gasteiger partial charge is 0.207 e. The van der Waals surface area contributed by atoms with Crippen LogP contribution in [0.5, 0.6) is 0 Å². The van der Waals surface area contributed by atoms with Gasteiger partial charge in [0.2, 0.25) is 0 Å². The lowest BCUT2D eigenvalue weighted by Gasteiger charge is -2.09. The van der Waals surface area contributed by atoms with Gasteiger partial charge in [0.15, 0.2) is 0 Å². The van der Waals surface area contributed by atoms with E-state index in [4.69, 9.17) is 0 Å². The number of hydrogen-bond donors (Lipinski definition) is 0. The van der Waals surface area contributed by atoms with Crippen molar-refractivity contribution >= 4 is 0 Å². The Morgan fingerprint density at radius 1 is 0.810 bits per heavy atom. The molecule has 1 aliphatic rings. The molecule has 0 heterocycles. The van der Waals surface area contributed by atoms with E-state index in [2.05, 4.69) is 12.1 Å². The summed E-state index contributed by atoms with van der Waals surface area (Å²) in [7, 11) is 0. The van der Waals surface area contributed by atoms with Gasteiger partial charge >= 0.3 is 0 Å². The van der Waals surface area contributed by atoms with Crippen molar-refractivity contribution in [1.82, 2.24) is 0 Å². The lowest BCUT2D eigenvalue weighted by Crippen LogP contribution is -1.96. The minimum Gasteiger partial charge on any atom is -0.207 e. The standard InChI is InChI=1S/C19H20F2/c20-18-11-17(12-19(21)13-18)16-9-7-15(8-10-16)6-5-14-3-1-2-4-14/h7-14H,1-6H2. The van der Waals surface area contributed by atoms with Gasteiger partial charge in [0.05, 0.1) is 0 Å². The van der Waals surface area contributed by atoms with Crippen LogP contribution in [0.3, 0.4) is 0 Å². The molecule has 1 fully saturated rings. The Hall–Kier alpha value is -1.70. The van der Waals surface area contributed by atoms with Gasteiger partial charge in [0.25, 0.3) is 0 Å². The summed E-state index contributed by atoms with van der Waals surface area (Å²) in [4.78, 5) is 0. The zero-order valence-electron chi connectivity index (χ0n) is 12.1. The van der Waals surface area contributed by atoms with Crippen molar-refractivity contribution in [3.63, 3.8) is 0 Å². The van der Waals surface area contributed by atoms with E-state index in [0.29, 0.717) is 5.56 Å². The summed E-state index contributed by atoms with van der Waals surface area (Å²) in [5.41, 5.74) is 2.76. The Morgan fingerprint density at radius 2 is 1.43 bits per heavy atom. The lowest BCUT2D eigenvalue weighted by atomic mass is 9.96. The highest BCUT2D eigenvalue weighted by molar-refractivity contribution is 5.63. The molecule has 0 saturated heterocycles. The lowest BCUT2D eigenvalue weighted by molar-refractivity contribution is 0.504. The summed E-state index contributed by atoms with van der Waals surface area (Å²) in [6.07, 6.45) is 7.88. The third-order valence-electron chi connectivity index (χ3n) is 4.47. The fourth-order valence-corrected chi connectivity index (χ4v) is 3.25. The Morgan fingerprint density at radius 3 is 2.05 bits per heavy atom. The van der Waals surface area contributed by atoms with E-state index >= 15 is 0 Å². The van der Waals surface area contributed by atoms with Gasteiger partial charge in [-0.1, -0.05) is 49.9 Å². The summed E-state index contributed by atoms with van der Waals surface area (Å²) >= 11 is 0. The van der Waals surface area contributed by atoms with E-state index in [9.17, 15) is 8.78 Å². The van der Waals surface area contributed by atoms with Gasteiger partial charge in [-0.25, -0.2) is 8.78 Å². The Bertz CT molecular complexity index is 575. The fraction of sp³-hybridized carbons (Fsp3) is 0.368. The molecule has 0 spiro atoms. The molecule has 0 bridgehead atoms. The van der Waals surface area contributed by atoms with Gasteiger partial charge in [-0.2, -0.15) is 0 Å². The zero-order valence-corrected chi connectivity index (χ0v) is 12.1. The second-order valence-electron chi connectivity index (χ2n) is 6.04. The molecule has 2 aromatic rings. The van der Waals surface area contributed by atoms with Crippen LogP contribution in [0.25, 0.3) is 11.1 Å². The molecule has 3 rings (SSSR count). The average Bonchev–Trinajstić information content (AvgIpc) is 2.98. The van der Waals surface area contributed by atoms with Gasteiger partial charge in [-0.3, -0.25) is 0 Å². The summed E-state index contributed by atoms with van der Waals surface area (Å²) in [6.45, 7) is 0. The van der Waals surface area contributed by atoms with Crippen LogP contribution in [0.15, 0.2) is 42.5 Å². The van der Waals surface area contributed by atoms with Crippen LogP contribution in [0.2, 0.25) is 0 Å². The molecule has 0 atom stereocenters. The highest BCUT2D eigenvalue weighted by atomic mass is 19.1. The van der Waals surface area contributed by atoms with Crippen molar-refractivity contribution in [1.29, 1.82) is 0 Å². The molecule has 0 N–H and O–H groups in total. The number of halogens is 2. The summed E-state index contributed by atoms with van der Waals surface area (Å²) in [6, 6.07) is 11.7. The number of benzene rings is 2. The summed E-state index contributed by atoms with van der Waals surface area (Å²) in [5.74, 6) is -0.174. The van der Waals surface area contributed by atoms with Crippen LogP contribution in [0, 0.1) is 17.6 Å². The van der Waals surface area contributed by atoms with Crippen LogP contribution in [0.1, 0.15) is 37.7 Å². The monoisotopic (exact) mass is 286 g/mol. The predicted molar refractivity (Wildman–Crippen MR) is 82.1 cm³/mol. The van der Waals surface area contributed by atoms with Crippen molar-refractivity contribution in [2.75, 3.05) is 0 Å². The Kier molecular flexibility index (Phi) is 4.33. The molecule has 21 heavy (non-hydrogen) atoms. The molecule has 1 aliphatic carbocycles. The van der Waals surface area contributed by atoms with Gasteiger partial charge in [0, 0.05) is 6.07 Å². The van der Waals surface area contributed by atoms with Gasteiger partial charge in [0.1, 0.15) is 11.6 Å². The highest BCUT2D eigenvalue weighted by Crippen LogP contribution is 2.29. The average molecular weight is 286 g/mol. The Labute approximate surface area is 124 Å². The van der Waals surface area contributed by atoms with E-state index in [1.54, 1.807) is 0 Å². The maximum atomic E-state index is 13.2. The van der Waals surface area contributed by atoms with Crippen LogP contribution >= 0.6 is 0 Å². The van der Waals surface area contributed by atoms with Crippen LogP contribution in [-0.2, 0) is 6.42 Å². The number of hydrogen-bond acceptors (Lipinski definition) is 0. The molecule has 0 radical (unpaired) electrons. The molecule has 2 aromatic carbocycles. The topological polar surface area (TPSA) is 0 Å². The second kappa shape index (κ2) is 6.38. The number of aryl methyl sites for hydroxylation is 1. The maximum Gasteiger partial charge on any atom is 0.126 e. The molecule has 0 amide bonds. The first kappa shape index (κ1) is 14.2. The highest BCUT2D eigenvalue weighted by Gasteiger charge is 2.14. The van der Waals surface area contributed by atoms with Gasteiger partial charge < -0.3 is 0 Å². The van der Waals surface area contributed by atoms with Gasteiger partial charge in [-0.15, -0.1) is 0 Å². The third-order valence-corrected chi connectivity index (χ3v) is 4.47. The SMILES string of the molecule is Fc1cc(F)cc(-c2ccc(CCC3CCCC3)cc2)c1. The molecular formula is C19H20F2. The smallest absolute Gasteiger partial charge is 0.126 e. The van der Waals surface area contributed by atoms with E-state index < -0.39 is 11.6 Å². The minimum absolute atomic E-state index is 0.532. The van der Waals surface area contributed by atoms with Crippen LogP contribution in [0.4, 0.5) is 8.78 Å². The molecule has 0 unspecified atom stereocenters. The van der Waals surface area contributed by atoms with Crippen molar-refractivity contribution in [2.45, 2.75) is 38.5 Å². The normalized spacial score (nSPS) is 15.5. The predicted octanol–water partition coefficient (Wildman–Crippen LogP) is 5.75. The molecule has 0 aromatic heterocycles. The number of rotatable bonds is 4. The molecule has 0 nitrogen and oxygen atoms in total. The molecule has 0 aliphatic heterocycles. The maximum absolute atomic E-state index is 13.2. The van der Waals surface area contributed by atoms with Gasteiger partial charge in [-0.05, 0) is 47.6 Å². The third kappa shape index (κ3) is 3.69. The minimum atomic E-state index is -0.532. The molecule has 2 heteroatoms. The first-order valence-corrected chi connectivity index (χ1v) is 7.76. The van der Waals surface area contributed by atoms with Crippen molar-refractivity contribution in [2.24, 2.45) is 5.92 Å². The van der Waals surface area contributed by atoms with Crippen molar-refractivity contribution < 1.29 is 8.78 Å². The van der Waals surface area contributed by atoms with Crippen LogP contribution < -0.4 is 0 Å². The Balaban J connectivity index is 1.68. The van der Waals surface area contributed by atoms with Crippen LogP contribution in [-0.4, -0.2) is 0 Å². The van der Waals surface area contributed by atoms with Crippen molar-refractivity contribution in [3.8, 4) is 11.1 Å². The molecule has 110 valence electrons. The van der Waals surface area contributed by atoms with E-state index in [-0.39, 0.29) is 0 Å². The second-order valence-corrected chi connectivity index (χ2v) is 6.04. The van der Waals surface area contributed by atoms with E-state index in [1.165, 1.54) is 49.8 Å². The summed E-state index contributed by atoms with van der Waals surface area (Å²) in [5, 5.41) is 0. The zero-order chi connectivity index (χ0) is 14.7. The molecule has 1 saturated carbocycles. The summed E-state index contributed by atoms with van der Waals surface area (Å²) < 4.78 is 26.5. The van der Waals surface area contributed by atoms with E-state index in [1.807, 2.05) is 12.1 Å². The fourth-order valence-electron chi connectivity index (χ4n) is 3.25. The quantitative estimate of drug-likeness (QED) is 0.671. The van der Waals surface area contributed by atoms with Crippen molar-refractivity contribution in [3.05, 3.63) is 59.7 Å². The molecular weight excluding hydrogens is 266 g/mol. The first-order valence-electron chi connectivity index (χ1n) is 7.76.